The standard InChI is InChI=1S/C56H49N7O/c1-37-18-28-42(29-19-37)61-31-32-62(36-61)43-13-12-14-44(33-43)64-50-35-49-46(45-15-8-9-16-48(45)63(49)51-17-10-11-30-57-51)34-47(50)54-59-52(38-20-24-40(25-21-38)55(2,3)4)58-53(60-54)39-22-26-41(27-23-39)56(5,6)7/h8-35H,1-7H3/q+2. The minimum Gasteiger partial charge on any atom is -0.456 e. The summed E-state index contributed by atoms with van der Waals surface area (Å²) in [5.74, 6) is 3.70. The lowest BCUT2D eigenvalue weighted by atomic mass is 9.86. The SMILES string of the molecule is Cc1ccc([N+]2=C=[N+](c3cccc(Oc4cc5c(cc4-c4nc(-c6ccc(C(C)(C)C)cc6)nc(-c6ccc(C(C)(C)C)cc6)n4)c4ccccc4n5-c4ccccn4)c3)C=C2)cc1. The maximum atomic E-state index is 7.06. The fourth-order valence-electron chi connectivity index (χ4n) is 8.11. The average molecular weight is 836 g/mol. The van der Waals surface area contributed by atoms with Crippen LogP contribution < -0.4 is 4.74 Å². The number of rotatable bonds is 8. The maximum absolute atomic E-state index is 7.06. The molecule has 0 aliphatic carbocycles. The van der Waals surface area contributed by atoms with Crippen LogP contribution in [0.1, 0.15) is 58.2 Å². The van der Waals surface area contributed by atoms with Gasteiger partial charge >= 0.3 is 6.01 Å². The summed E-state index contributed by atoms with van der Waals surface area (Å²) in [6, 6.07) is 55.7. The highest BCUT2D eigenvalue weighted by Gasteiger charge is 2.25. The van der Waals surface area contributed by atoms with Crippen molar-refractivity contribution in [1.29, 1.82) is 0 Å². The Morgan fingerprint density at radius 1 is 0.531 bits per heavy atom. The Labute approximate surface area is 373 Å². The zero-order valence-corrected chi connectivity index (χ0v) is 37.2. The van der Waals surface area contributed by atoms with Crippen molar-refractivity contribution in [1.82, 2.24) is 24.5 Å². The largest absolute Gasteiger partial charge is 0.501 e. The number of hydrogen-bond acceptors (Lipinski definition) is 5. The number of para-hydroxylation sites is 1. The molecule has 8 heteroatoms. The van der Waals surface area contributed by atoms with Crippen molar-refractivity contribution in [2.24, 2.45) is 0 Å². The number of ether oxygens (including phenoxy) is 1. The van der Waals surface area contributed by atoms with Crippen molar-refractivity contribution in [3.05, 3.63) is 187 Å². The quantitative estimate of drug-likeness (QED) is 0.143. The van der Waals surface area contributed by atoms with Crippen LogP contribution in [-0.2, 0) is 10.8 Å². The van der Waals surface area contributed by atoms with Crippen molar-refractivity contribution in [3.63, 3.8) is 0 Å². The second-order valence-electron chi connectivity index (χ2n) is 18.4. The summed E-state index contributed by atoms with van der Waals surface area (Å²) in [6.07, 6.45) is 5.82. The lowest BCUT2D eigenvalue weighted by Gasteiger charge is -2.19. The number of aryl methyl sites for hydroxylation is 1. The van der Waals surface area contributed by atoms with E-state index in [1.54, 1.807) is 0 Å². The first-order valence-corrected chi connectivity index (χ1v) is 21.7. The Hall–Kier alpha value is -7.80. The molecule has 0 N–H and O–H groups in total. The van der Waals surface area contributed by atoms with Gasteiger partial charge in [-0.25, -0.2) is 19.9 Å². The maximum Gasteiger partial charge on any atom is 0.501 e. The van der Waals surface area contributed by atoms with E-state index in [0.29, 0.717) is 29.0 Å². The van der Waals surface area contributed by atoms with Gasteiger partial charge in [0.1, 0.15) is 17.3 Å². The van der Waals surface area contributed by atoms with Gasteiger partial charge in [-0.3, -0.25) is 4.57 Å². The summed E-state index contributed by atoms with van der Waals surface area (Å²) in [7, 11) is 0. The molecule has 6 aromatic carbocycles. The van der Waals surface area contributed by atoms with Crippen LogP contribution in [0, 0.1) is 6.92 Å². The molecule has 0 saturated carbocycles. The molecule has 8 nitrogen and oxygen atoms in total. The van der Waals surface area contributed by atoms with Crippen LogP contribution in [0.25, 0.3) is 61.8 Å². The van der Waals surface area contributed by atoms with Crippen molar-refractivity contribution in [2.45, 2.75) is 59.3 Å². The Bertz CT molecular complexity index is 3250. The number of hydrogen-bond donors (Lipinski definition) is 0. The number of aromatic nitrogens is 5. The van der Waals surface area contributed by atoms with Crippen LogP contribution in [0.3, 0.4) is 0 Å². The summed E-state index contributed by atoms with van der Waals surface area (Å²) >= 11 is 0. The summed E-state index contributed by atoms with van der Waals surface area (Å²) in [5.41, 5.74) is 10.1. The van der Waals surface area contributed by atoms with E-state index in [4.69, 9.17) is 24.7 Å². The molecular formula is C56H49N7O+2. The van der Waals surface area contributed by atoms with Gasteiger partial charge in [-0.1, -0.05) is 147 Å². The minimum atomic E-state index is -0.00222. The van der Waals surface area contributed by atoms with Gasteiger partial charge in [0.25, 0.3) is 12.4 Å². The third-order valence-electron chi connectivity index (χ3n) is 11.8. The third kappa shape index (κ3) is 7.80. The van der Waals surface area contributed by atoms with Crippen LogP contribution in [0.15, 0.2) is 170 Å². The number of nitrogens with zero attached hydrogens (tertiary/aromatic N) is 7. The molecule has 0 radical (unpaired) electrons. The Balaban J connectivity index is 1.18. The summed E-state index contributed by atoms with van der Waals surface area (Å²) in [6.45, 7) is 15.4. The van der Waals surface area contributed by atoms with Gasteiger partial charge in [-0.2, -0.15) is 0 Å². The molecule has 64 heavy (non-hydrogen) atoms. The minimum absolute atomic E-state index is 0.00222. The molecule has 0 amide bonds. The first-order chi connectivity index (χ1) is 30.9. The predicted octanol–water partition coefficient (Wildman–Crippen LogP) is 13.7. The molecule has 0 fully saturated rings. The van der Waals surface area contributed by atoms with Crippen LogP contribution in [0.4, 0.5) is 11.4 Å². The van der Waals surface area contributed by atoms with Crippen molar-refractivity contribution < 1.29 is 13.9 Å². The van der Waals surface area contributed by atoms with E-state index in [0.717, 1.165) is 55.7 Å². The molecule has 1 aliphatic rings. The Morgan fingerprint density at radius 2 is 1.14 bits per heavy atom. The average Bonchev–Trinajstić information content (AvgIpc) is 3.92. The summed E-state index contributed by atoms with van der Waals surface area (Å²) in [4.78, 5) is 20.5. The van der Waals surface area contributed by atoms with Gasteiger partial charge in [0, 0.05) is 52.4 Å². The highest BCUT2D eigenvalue weighted by Crippen LogP contribution is 2.42. The summed E-state index contributed by atoms with van der Waals surface area (Å²) < 4.78 is 13.2. The van der Waals surface area contributed by atoms with Gasteiger partial charge in [0.05, 0.1) is 22.7 Å². The number of fused-ring (bicyclic) bond motifs is 3. The molecular weight excluding hydrogens is 787 g/mol. The van der Waals surface area contributed by atoms with Crippen molar-refractivity contribution in [2.75, 3.05) is 0 Å². The fraction of sp³-hybridized carbons (Fsp3) is 0.161. The zero-order chi connectivity index (χ0) is 44.2. The third-order valence-corrected chi connectivity index (χ3v) is 11.8. The van der Waals surface area contributed by atoms with Crippen LogP contribution in [0.2, 0.25) is 0 Å². The highest BCUT2D eigenvalue weighted by atomic mass is 16.5. The lowest BCUT2D eigenvalue weighted by Crippen LogP contribution is -2.11. The van der Waals surface area contributed by atoms with Gasteiger partial charge in [-0.15, -0.1) is 0 Å². The second kappa shape index (κ2) is 15.8. The topological polar surface area (TPSA) is 71.7 Å². The Kier molecular flexibility index (Phi) is 9.97. The fourth-order valence-corrected chi connectivity index (χ4v) is 8.11. The first kappa shape index (κ1) is 40.3. The normalized spacial score (nSPS) is 12.8. The lowest BCUT2D eigenvalue weighted by molar-refractivity contribution is -0.387. The molecule has 0 spiro atoms. The van der Waals surface area contributed by atoms with Gasteiger partial charge in [0.2, 0.25) is 11.4 Å². The van der Waals surface area contributed by atoms with Crippen molar-refractivity contribution in [3.8, 4) is 51.5 Å². The van der Waals surface area contributed by atoms with E-state index in [2.05, 4.69) is 168 Å². The molecule has 312 valence electrons. The molecule has 9 aromatic rings. The number of pyridine rings is 1. The van der Waals surface area contributed by atoms with Crippen LogP contribution >= 0.6 is 0 Å². The van der Waals surface area contributed by atoms with E-state index in [1.807, 2.05) is 70.2 Å². The molecule has 4 heterocycles. The van der Waals surface area contributed by atoms with Crippen molar-refractivity contribution >= 4 is 39.2 Å². The monoisotopic (exact) mass is 835 g/mol. The Morgan fingerprint density at radius 3 is 1.77 bits per heavy atom. The van der Waals surface area contributed by atoms with Gasteiger partial charge in [0.15, 0.2) is 17.5 Å². The molecule has 0 unspecified atom stereocenters. The molecule has 10 rings (SSSR count). The van der Waals surface area contributed by atoms with E-state index in [1.165, 1.54) is 16.7 Å². The van der Waals surface area contributed by atoms with E-state index < -0.39 is 0 Å². The van der Waals surface area contributed by atoms with Gasteiger partial charge < -0.3 is 4.74 Å². The molecule has 0 bridgehead atoms. The van der Waals surface area contributed by atoms with Crippen LogP contribution in [-0.4, -0.2) is 39.7 Å². The highest BCUT2D eigenvalue weighted by molar-refractivity contribution is 6.11. The first-order valence-electron chi connectivity index (χ1n) is 21.7. The van der Waals surface area contributed by atoms with E-state index in [9.17, 15) is 0 Å². The predicted molar refractivity (Wildman–Crippen MR) is 257 cm³/mol. The zero-order valence-electron chi connectivity index (χ0n) is 37.2. The van der Waals surface area contributed by atoms with Gasteiger partial charge in [-0.05, 0) is 59.2 Å². The molecule has 0 saturated heterocycles. The smallest absolute Gasteiger partial charge is 0.456 e. The second-order valence-corrected chi connectivity index (χ2v) is 18.4. The van der Waals surface area contributed by atoms with E-state index in [-0.39, 0.29) is 10.8 Å². The molecule has 3 aromatic heterocycles. The van der Waals surface area contributed by atoms with Crippen LogP contribution in [0.5, 0.6) is 11.5 Å². The molecule has 1 aliphatic heterocycles. The number of benzene rings is 6. The van der Waals surface area contributed by atoms with E-state index >= 15 is 0 Å². The molecule has 0 atom stereocenters. The summed E-state index contributed by atoms with van der Waals surface area (Å²) in [5, 5.41) is 2.10.